The minimum Gasteiger partial charge on any atom is -0.497 e. The highest BCUT2D eigenvalue weighted by atomic mass is 32.1. The number of carbonyl (C=O) groups is 1. The largest absolute Gasteiger partial charge is 0.497 e. The van der Waals surface area contributed by atoms with Gasteiger partial charge in [-0.05, 0) is 29.1 Å². The molecule has 142 valence electrons. The van der Waals surface area contributed by atoms with E-state index in [4.69, 9.17) is 9.26 Å². The molecule has 0 aliphatic heterocycles. The molecule has 28 heavy (non-hydrogen) atoms. The molecule has 3 heterocycles. The van der Waals surface area contributed by atoms with Crippen LogP contribution in [0.3, 0.4) is 0 Å². The zero-order valence-corrected chi connectivity index (χ0v) is 16.1. The van der Waals surface area contributed by atoms with Crippen molar-refractivity contribution in [3.63, 3.8) is 0 Å². The average molecular weight is 394 g/mol. The van der Waals surface area contributed by atoms with Crippen molar-refractivity contribution in [1.29, 1.82) is 0 Å². The fraction of sp³-hybridized carbons (Fsp3) is 0.150. The third-order valence-corrected chi connectivity index (χ3v) is 5.23. The first kappa shape index (κ1) is 18.0. The average Bonchev–Trinajstić information content (AvgIpc) is 3.47. The van der Waals surface area contributed by atoms with Crippen molar-refractivity contribution < 1.29 is 14.1 Å². The van der Waals surface area contributed by atoms with Gasteiger partial charge >= 0.3 is 0 Å². The van der Waals surface area contributed by atoms with E-state index < -0.39 is 6.04 Å². The monoisotopic (exact) mass is 394 g/mol. The highest BCUT2D eigenvalue weighted by Gasteiger charge is 2.23. The Kier molecular flexibility index (Phi) is 4.94. The molecule has 3 aromatic heterocycles. The Labute approximate surface area is 165 Å². The lowest BCUT2D eigenvalue weighted by Gasteiger charge is -2.18. The summed E-state index contributed by atoms with van der Waals surface area (Å²) in [6.07, 6.45) is 3.53. The molecule has 0 aliphatic carbocycles. The van der Waals surface area contributed by atoms with Crippen LogP contribution < -0.4 is 10.1 Å². The van der Waals surface area contributed by atoms with Gasteiger partial charge in [0.1, 0.15) is 17.6 Å². The van der Waals surface area contributed by atoms with Crippen molar-refractivity contribution in [1.82, 2.24) is 20.0 Å². The molecule has 1 amide bonds. The minimum absolute atomic E-state index is 0.219. The Hall–Kier alpha value is -3.39. The second-order valence-electron chi connectivity index (χ2n) is 6.13. The van der Waals surface area contributed by atoms with E-state index in [1.165, 1.54) is 11.3 Å². The van der Waals surface area contributed by atoms with Gasteiger partial charge in [-0.25, -0.2) is 4.98 Å². The summed E-state index contributed by atoms with van der Waals surface area (Å²) < 4.78 is 12.4. The van der Waals surface area contributed by atoms with Crippen LogP contribution in [0.4, 0.5) is 0 Å². The number of rotatable bonds is 6. The summed E-state index contributed by atoms with van der Waals surface area (Å²) in [6, 6.07) is 12.5. The third kappa shape index (κ3) is 3.54. The van der Waals surface area contributed by atoms with Gasteiger partial charge in [-0.1, -0.05) is 23.4 Å². The molecule has 4 aromatic rings. The standard InChI is InChI=1S/C20H18N4O3S/c1-24-10-9-21-19(24)18(13-5-7-14(26-2)8-6-13)22-20(25)15-12-16(27-23-15)17-4-3-11-28-17/h3-12,18H,1-2H3,(H,22,25). The Morgan fingerprint density at radius 3 is 2.75 bits per heavy atom. The van der Waals surface area contributed by atoms with Gasteiger partial charge in [-0.15, -0.1) is 11.3 Å². The number of nitrogens with one attached hydrogen (secondary N) is 1. The van der Waals surface area contributed by atoms with Crippen molar-refractivity contribution in [2.24, 2.45) is 7.05 Å². The van der Waals surface area contributed by atoms with Crippen LogP contribution in [0, 0.1) is 0 Å². The molecule has 0 radical (unpaired) electrons. The summed E-state index contributed by atoms with van der Waals surface area (Å²) in [5.41, 5.74) is 1.10. The van der Waals surface area contributed by atoms with E-state index in [9.17, 15) is 4.79 Å². The van der Waals surface area contributed by atoms with Crippen LogP contribution in [0.25, 0.3) is 10.6 Å². The van der Waals surface area contributed by atoms with E-state index in [-0.39, 0.29) is 11.6 Å². The molecule has 1 unspecified atom stereocenters. The summed E-state index contributed by atoms with van der Waals surface area (Å²) in [4.78, 5) is 18.2. The van der Waals surface area contributed by atoms with Crippen molar-refractivity contribution in [2.45, 2.75) is 6.04 Å². The van der Waals surface area contributed by atoms with E-state index in [0.717, 1.165) is 16.2 Å². The zero-order chi connectivity index (χ0) is 19.5. The Bertz CT molecular complexity index is 1070. The molecule has 0 aliphatic rings. The number of thiophene rings is 1. The summed E-state index contributed by atoms with van der Waals surface area (Å²) in [6.45, 7) is 0. The predicted octanol–water partition coefficient (Wildman–Crippen LogP) is 3.66. The number of aryl methyl sites for hydroxylation is 1. The van der Waals surface area contributed by atoms with Gasteiger partial charge in [0.25, 0.3) is 5.91 Å². The lowest BCUT2D eigenvalue weighted by Crippen LogP contribution is -2.31. The van der Waals surface area contributed by atoms with Crippen molar-refractivity contribution >= 4 is 17.2 Å². The number of methoxy groups -OCH3 is 1. The summed E-state index contributed by atoms with van der Waals surface area (Å²) in [7, 11) is 3.50. The predicted molar refractivity (Wildman–Crippen MR) is 105 cm³/mol. The first-order chi connectivity index (χ1) is 13.7. The number of hydrogen-bond donors (Lipinski definition) is 1. The molecule has 1 aromatic carbocycles. The second kappa shape index (κ2) is 7.69. The fourth-order valence-corrected chi connectivity index (χ4v) is 3.54. The highest BCUT2D eigenvalue weighted by molar-refractivity contribution is 7.13. The Balaban J connectivity index is 1.62. The molecule has 0 fully saturated rings. The summed E-state index contributed by atoms with van der Waals surface area (Å²) >= 11 is 1.52. The molecular weight excluding hydrogens is 376 g/mol. The van der Waals surface area contributed by atoms with Gasteiger partial charge in [0.05, 0.1) is 12.0 Å². The normalized spacial score (nSPS) is 11.9. The first-order valence-corrected chi connectivity index (χ1v) is 9.46. The van der Waals surface area contributed by atoms with Crippen LogP contribution >= 0.6 is 11.3 Å². The number of imidazole rings is 1. The van der Waals surface area contributed by atoms with Crippen LogP contribution in [0.15, 0.2) is 64.8 Å². The number of ether oxygens (including phenoxy) is 1. The van der Waals surface area contributed by atoms with Crippen LogP contribution in [-0.4, -0.2) is 27.7 Å². The van der Waals surface area contributed by atoms with E-state index in [1.807, 2.05) is 59.6 Å². The second-order valence-corrected chi connectivity index (χ2v) is 7.08. The van der Waals surface area contributed by atoms with Crippen molar-refractivity contribution in [3.8, 4) is 16.4 Å². The maximum atomic E-state index is 12.8. The van der Waals surface area contributed by atoms with Gasteiger partial charge in [-0.2, -0.15) is 0 Å². The van der Waals surface area contributed by atoms with E-state index in [0.29, 0.717) is 11.6 Å². The molecule has 4 rings (SSSR count). The molecular formula is C20H18N4O3S. The molecule has 1 N–H and O–H groups in total. The quantitative estimate of drug-likeness (QED) is 0.540. The van der Waals surface area contributed by atoms with Crippen molar-refractivity contribution in [2.75, 3.05) is 7.11 Å². The molecule has 1 atom stereocenters. The van der Waals surface area contributed by atoms with Gasteiger partial charge in [0, 0.05) is 25.5 Å². The van der Waals surface area contributed by atoms with Gasteiger partial charge in [0.2, 0.25) is 0 Å². The first-order valence-electron chi connectivity index (χ1n) is 8.58. The maximum absolute atomic E-state index is 12.8. The van der Waals surface area contributed by atoms with Crippen molar-refractivity contribution in [3.05, 3.63) is 77.3 Å². The number of benzene rings is 1. The Morgan fingerprint density at radius 1 is 1.29 bits per heavy atom. The zero-order valence-electron chi connectivity index (χ0n) is 15.3. The van der Waals surface area contributed by atoms with E-state index >= 15 is 0 Å². The molecule has 0 spiro atoms. The van der Waals surface area contributed by atoms with Crippen LogP contribution in [-0.2, 0) is 7.05 Å². The van der Waals surface area contributed by atoms with Gasteiger partial charge in [-0.3, -0.25) is 4.79 Å². The lowest BCUT2D eigenvalue weighted by atomic mass is 10.1. The Morgan fingerprint density at radius 2 is 2.11 bits per heavy atom. The topological polar surface area (TPSA) is 82.2 Å². The SMILES string of the molecule is COc1ccc(C(NC(=O)c2cc(-c3cccs3)on2)c2nccn2C)cc1. The smallest absolute Gasteiger partial charge is 0.274 e. The number of amides is 1. The molecule has 0 saturated heterocycles. The fourth-order valence-electron chi connectivity index (χ4n) is 2.87. The van der Waals surface area contributed by atoms with E-state index in [1.54, 1.807) is 19.4 Å². The minimum atomic E-state index is -0.444. The van der Waals surface area contributed by atoms with Crippen LogP contribution in [0.1, 0.15) is 27.9 Å². The summed E-state index contributed by atoms with van der Waals surface area (Å²) in [5, 5.41) is 8.87. The molecule has 0 bridgehead atoms. The lowest BCUT2D eigenvalue weighted by molar-refractivity contribution is 0.0932. The number of hydrogen-bond acceptors (Lipinski definition) is 6. The maximum Gasteiger partial charge on any atom is 0.274 e. The molecule has 0 saturated carbocycles. The number of carbonyl (C=O) groups excluding carboxylic acids is 1. The van der Waals surface area contributed by atoms with E-state index in [2.05, 4.69) is 15.5 Å². The number of aromatic nitrogens is 3. The molecule has 7 nitrogen and oxygen atoms in total. The van der Waals surface area contributed by atoms with Gasteiger partial charge in [0.15, 0.2) is 11.5 Å². The van der Waals surface area contributed by atoms with Gasteiger partial charge < -0.3 is 19.1 Å². The summed E-state index contributed by atoms with van der Waals surface area (Å²) in [5.74, 6) is 1.68. The highest BCUT2D eigenvalue weighted by Crippen LogP contribution is 2.26. The third-order valence-electron chi connectivity index (χ3n) is 4.35. The van der Waals surface area contributed by atoms with Crippen LogP contribution in [0.2, 0.25) is 0 Å². The van der Waals surface area contributed by atoms with Crippen LogP contribution in [0.5, 0.6) is 5.75 Å². The number of nitrogens with zero attached hydrogens (tertiary/aromatic N) is 3. The molecule has 8 heteroatoms.